The molecule has 0 spiro atoms. The number of nitrogens with two attached hydrogens (primary N) is 1. The van der Waals surface area contributed by atoms with Crippen molar-refractivity contribution < 1.29 is 9.59 Å². The molecule has 0 bridgehead atoms. The normalized spacial score (nSPS) is 16.1. The van der Waals surface area contributed by atoms with Gasteiger partial charge in [0.1, 0.15) is 5.82 Å². The molecule has 9 nitrogen and oxygen atoms in total. The van der Waals surface area contributed by atoms with Crippen molar-refractivity contribution in [2.45, 2.75) is 12.8 Å². The second-order valence-corrected chi connectivity index (χ2v) is 7.89. The molecule has 30 heavy (non-hydrogen) atoms. The molecule has 160 valence electrons. The lowest BCUT2D eigenvalue weighted by atomic mass is 9.98. The highest BCUT2D eigenvalue weighted by Gasteiger charge is 2.23. The van der Waals surface area contributed by atoms with Gasteiger partial charge in [0.15, 0.2) is 11.5 Å². The number of urea groups is 1. The van der Waals surface area contributed by atoms with Crippen molar-refractivity contribution in [2.24, 2.45) is 11.7 Å². The number of nitrogens with zero attached hydrogens (tertiary/aromatic N) is 4. The lowest BCUT2D eigenvalue weighted by Gasteiger charge is -2.34. The van der Waals surface area contributed by atoms with Crippen LogP contribution in [0.5, 0.6) is 0 Å². The van der Waals surface area contributed by atoms with Gasteiger partial charge in [-0.15, -0.1) is 0 Å². The molecular formula is C20H26ClN7O2. The van der Waals surface area contributed by atoms with Crippen LogP contribution >= 0.6 is 11.6 Å². The summed E-state index contributed by atoms with van der Waals surface area (Å²) >= 11 is 5.93. The van der Waals surface area contributed by atoms with Gasteiger partial charge in [0, 0.05) is 44.4 Å². The van der Waals surface area contributed by atoms with Gasteiger partial charge in [0.25, 0.3) is 5.91 Å². The van der Waals surface area contributed by atoms with Gasteiger partial charge in [-0.2, -0.15) is 0 Å². The van der Waals surface area contributed by atoms with Crippen molar-refractivity contribution in [3.63, 3.8) is 0 Å². The number of piperidine rings is 1. The molecule has 1 fully saturated rings. The number of carbonyl (C=O) groups excluding carboxylic acids is 2. The second-order valence-electron chi connectivity index (χ2n) is 7.46. The van der Waals surface area contributed by atoms with Crippen LogP contribution in [0.2, 0.25) is 5.02 Å². The fourth-order valence-electron chi connectivity index (χ4n) is 3.30. The van der Waals surface area contributed by atoms with E-state index in [4.69, 9.17) is 17.3 Å². The molecule has 1 unspecified atom stereocenters. The minimum absolute atomic E-state index is 0.0699. The van der Waals surface area contributed by atoms with E-state index in [1.54, 1.807) is 44.6 Å². The van der Waals surface area contributed by atoms with E-state index < -0.39 is 5.91 Å². The van der Waals surface area contributed by atoms with Crippen LogP contribution in [0.4, 0.5) is 22.1 Å². The number of primary amides is 1. The fraction of sp³-hybridized carbons (Fsp3) is 0.400. The van der Waals surface area contributed by atoms with Crippen molar-refractivity contribution in [3.05, 3.63) is 41.2 Å². The molecule has 3 amide bonds. The minimum Gasteiger partial charge on any atom is -0.364 e. The zero-order chi connectivity index (χ0) is 21.7. The van der Waals surface area contributed by atoms with E-state index in [0.29, 0.717) is 29.1 Å². The summed E-state index contributed by atoms with van der Waals surface area (Å²) in [5, 5.41) is 6.65. The summed E-state index contributed by atoms with van der Waals surface area (Å²) in [5.74, 6) is 0.590. The van der Waals surface area contributed by atoms with E-state index in [2.05, 4.69) is 25.5 Å². The van der Waals surface area contributed by atoms with Crippen LogP contribution in [0.3, 0.4) is 0 Å². The van der Waals surface area contributed by atoms with Crippen molar-refractivity contribution >= 4 is 40.9 Å². The van der Waals surface area contributed by atoms with E-state index >= 15 is 0 Å². The number of hydrogen-bond acceptors (Lipinski definition) is 6. The third-order valence-electron chi connectivity index (χ3n) is 4.89. The van der Waals surface area contributed by atoms with Crippen LogP contribution in [-0.2, 0) is 0 Å². The lowest BCUT2D eigenvalue weighted by molar-refractivity contribution is 0.0996. The minimum atomic E-state index is -0.659. The number of hydrogen-bond donors (Lipinski definition) is 3. The molecule has 1 aromatic heterocycles. The lowest BCUT2D eigenvalue weighted by Crippen LogP contribution is -2.43. The monoisotopic (exact) mass is 431 g/mol. The molecule has 1 saturated heterocycles. The van der Waals surface area contributed by atoms with Gasteiger partial charge in [-0.3, -0.25) is 4.79 Å². The molecule has 0 saturated carbocycles. The van der Waals surface area contributed by atoms with E-state index in [1.165, 1.54) is 4.90 Å². The van der Waals surface area contributed by atoms with Gasteiger partial charge < -0.3 is 26.2 Å². The number of anilines is 3. The number of rotatable bonds is 6. The third kappa shape index (κ3) is 5.50. The maximum atomic E-state index is 11.8. The quantitative estimate of drug-likeness (QED) is 0.646. The Kier molecular flexibility index (Phi) is 6.94. The summed E-state index contributed by atoms with van der Waals surface area (Å²) in [4.78, 5) is 36.1. The Balaban J connectivity index is 1.75. The van der Waals surface area contributed by atoms with Crippen LogP contribution < -0.4 is 21.3 Å². The molecule has 2 aromatic rings. The van der Waals surface area contributed by atoms with Crippen molar-refractivity contribution in [2.75, 3.05) is 43.9 Å². The van der Waals surface area contributed by atoms with Gasteiger partial charge >= 0.3 is 6.03 Å². The average Bonchev–Trinajstić information content (AvgIpc) is 2.73. The first-order valence-electron chi connectivity index (χ1n) is 9.73. The zero-order valence-corrected chi connectivity index (χ0v) is 17.8. The van der Waals surface area contributed by atoms with Gasteiger partial charge in [-0.25, -0.2) is 14.8 Å². The SMILES string of the molecule is CN(C)C(=O)NCC1CCCN(c2cnc(C(N)=O)c(Nc3ccc(Cl)cc3)n2)C1. The standard InChI is InChI=1S/C20H26ClN7O2/c1-27(2)20(30)24-10-13-4-3-9-28(12-13)16-11-23-17(18(22)29)19(26-16)25-15-7-5-14(21)6-8-15/h5-8,11,13H,3-4,9-10,12H2,1-2H3,(H2,22,29)(H,24,30)(H,25,26). The number of halogens is 1. The Labute approximate surface area is 180 Å². The largest absolute Gasteiger partial charge is 0.364 e. The highest BCUT2D eigenvalue weighted by atomic mass is 35.5. The predicted octanol–water partition coefficient (Wildman–Crippen LogP) is 2.46. The number of carbonyl (C=O) groups is 2. The Bertz CT molecular complexity index is 905. The van der Waals surface area contributed by atoms with Gasteiger partial charge in [0.05, 0.1) is 6.20 Å². The van der Waals surface area contributed by atoms with Gasteiger partial charge in [0.2, 0.25) is 0 Å². The first-order valence-corrected chi connectivity index (χ1v) is 10.1. The zero-order valence-electron chi connectivity index (χ0n) is 17.1. The second kappa shape index (κ2) is 9.62. The molecular weight excluding hydrogens is 406 g/mol. The van der Waals surface area contributed by atoms with Crippen LogP contribution in [-0.4, -0.2) is 60.5 Å². The Morgan fingerprint density at radius 1 is 1.30 bits per heavy atom. The summed E-state index contributed by atoms with van der Waals surface area (Å²) in [6.07, 6.45) is 3.56. The summed E-state index contributed by atoms with van der Waals surface area (Å²) in [5.41, 5.74) is 6.26. The number of amides is 3. The van der Waals surface area contributed by atoms with Crippen molar-refractivity contribution in [1.29, 1.82) is 0 Å². The highest BCUT2D eigenvalue weighted by Crippen LogP contribution is 2.25. The van der Waals surface area contributed by atoms with Crippen LogP contribution in [0, 0.1) is 5.92 Å². The topological polar surface area (TPSA) is 116 Å². The molecule has 1 aliphatic heterocycles. The first-order chi connectivity index (χ1) is 14.3. The van der Waals surface area contributed by atoms with E-state index in [9.17, 15) is 9.59 Å². The van der Waals surface area contributed by atoms with E-state index in [1.807, 2.05) is 0 Å². The molecule has 2 heterocycles. The average molecular weight is 432 g/mol. The Hall–Kier alpha value is -3.07. The van der Waals surface area contributed by atoms with Gasteiger partial charge in [-0.05, 0) is 43.0 Å². The number of benzene rings is 1. The summed E-state index contributed by atoms with van der Waals surface area (Å²) in [6.45, 7) is 2.15. The van der Waals surface area contributed by atoms with Crippen LogP contribution in [0.1, 0.15) is 23.3 Å². The fourth-order valence-corrected chi connectivity index (χ4v) is 3.43. The van der Waals surface area contributed by atoms with Crippen molar-refractivity contribution in [1.82, 2.24) is 20.2 Å². The van der Waals surface area contributed by atoms with E-state index in [0.717, 1.165) is 31.6 Å². The van der Waals surface area contributed by atoms with E-state index in [-0.39, 0.29) is 11.7 Å². The molecule has 1 aromatic carbocycles. The third-order valence-corrected chi connectivity index (χ3v) is 5.14. The van der Waals surface area contributed by atoms with Crippen LogP contribution in [0.25, 0.3) is 0 Å². The molecule has 1 atom stereocenters. The molecule has 0 aliphatic carbocycles. The highest BCUT2D eigenvalue weighted by molar-refractivity contribution is 6.30. The maximum Gasteiger partial charge on any atom is 0.316 e. The molecule has 3 rings (SSSR count). The van der Waals surface area contributed by atoms with Gasteiger partial charge in [-0.1, -0.05) is 11.6 Å². The summed E-state index contributed by atoms with van der Waals surface area (Å²) < 4.78 is 0. The predicted molar refractivity (Wildman–Crippen MR) is 117 cm³/mol. The maximum absolute atomic E-state index is 11.8. The summed E-state index contributed by atoms with van der Waals surface area (Å²) in [7, 11) is 3.43. The smallest absolute Gasteiger partial charge is 0.316 e. The molecule has 4 N–H and O–H groups in total. The first kappa shape index (κ1) is 21.6. The Morgan fingerprint density at radius 2 is 2.03 bits per heavy atom. The van der Waals surface area contributed by atoms with Crippen molar-refractivity contribution in [3.8, 4) is 0 Å². The number of aromatic nitrogens is 2. The molecule has 10 heteroatoms. The number of nitrogens with one attached hydrogen (secondary N) is 2. The Morgan fingerprint density at radius 3 is 2.70 bits per heavy atom. The van der Waals surface area contributed by atoms with Crippen LogP contribution in [0.15, 0.2) is 30.5 Å². The molecule has 0 radical (unpaired) electrons. The molecule has 1 aliphatic rings. The summed E-state index contributed by atoms with van der Waals surface area (Å²) in [6, 6.07) is 6.94.